The third-order valence-corrected chi connectivity index (χ3v) is 3.53. The van der Waals surface area contributed by atoms with Crippen molar-refractivity contribution in [3.63, 3.8) is 0 Å². The zero-order valence-electron chi connectivity index (χ0n) is 11.5. The molecule has 1 aromatic rings. The maximum absolute atomic E-state index is 13.3. The van der Waals surface area contributed by atoms with E-state index in [4.69, 9.17) is 10.5 Å². The lowest BCUT2D eigenvalue weighted by atomic mass is 9.88. The molecule has 5 heteroatoms. The van der Waals surface area contributed by atoms with Crippen LogP contribution in [-0.4, -0.2) is 25.2 Å². The maximum Gasteiger partial charge on any atom is 0.128 e. The van der Waals surface area contributed by atoms with Crippen molar-refractivity contribution in [3.05, 3.63) is 40.7 Å². The Morgan fingerprint density at radius 2 is 2.35 bits per heavy atom. The predicted molar refractivity (Wildman–Crippen MR) is 74.3 cm³/mol. The second kappa shape index (κ2) is 6.77. The van der Waals surface area contributed by atoms with Gasteiger partial charge < -0.3 is 15.8 Å². The number of hydrogen-bond donors (Lipinski definition) is 2. The monoisotopic (exact) mass is 278 g/mol. The van der Waals surface area contributed by atoms with Crippen molar-refractivity contribution in [1.29, 1.82) is 0 Å². The number of nitrogens with one attached hydrogen (secondary N) is 1. The molecular formula is C15H19FN2O2. The zero-order chi connectivity index (χ0) is 14.5. The third-order valence-electron chi connectivity index (χ3n) is 3.53. The van der Waals surface area contributed by atoms with Crippen LogP contribution in [0.2, 0.25) is 0 Å². The quantitative estimate of drug-likeness (QED) is 0.819. The van der Waals surface area contributed by atoms with Crippen LogP contribution in [0.15, 0.2) is 23.8 Å². The molecule has 1 aromatic carbocycles. The molecule has 0 amide bonds. The van der Waals surface area contributed by atoms with Gasteiger partial charge in [0, 0.05) is 13.2 Å². The first kappa shape index (κ1) is 14.9. The molecule has 4 nitrogen and oxygen atoms in total. The van der Waals surface area contributed by atoms with Crippen LogP contribution in [0.5, 0.6) is 0 Å². The number of nitrogens with two attached hydrogens (primary N) is 1. The van der Waals surface area contributed by atoms with E-state index in [2.05, 4.69) is 5.32 Å². The fourth-order valence-corrected chi connectivity index (χ4v) is 2.62. The lowest BCUT2D eigenvalue weighted by molar-refractivity contribution is 0.0679. The largest absolute Gasteiger partial charge is 0.373 e. The first-order chi connectivity index (χ1) is 9.71. The summed E-state index contributed by atoms with van der Waals surface area (Å²) in [7, 11) is 0. The molecule has 0 radical (unpaired) electrons. The Morgan fingerprint density at radius 3 is 3.00 bits per heavy atom. The van der Waals surface area contributed by atoms with Gasteiger partial charge in [-0.2, -0.15) is 0 Å². The van der Waals surface area contributed by atoms with Gasteiger partial charge in [-0.25, -0.2) is 9.18 Å². The van der Waals surface area contributed by atoms with Crippen molar-refractivity contribution < 1.29 is 13.9 Å². The van der Waals surface area contributed by atoms with E-state index < -0.39 is 0 Å². The fraction of sp³-hybridized carbons (Fsp3) is 0.467. The Balaban J connectivity index is 2.37. The van der Waals surface area contributed by atoms with Gasteiger partial charge in [0.05, 0.1) is 17.7 Å². The molecular weight excluding hydrogens is 259 g/mol. The van der Waals surface area contributed by atoms with Crippen molar-refractivity contribution in [2.75, 3.05) is 13.2 Å². The Bertz CT molecular complexity index is 525. The minimum absolute atomic E-state index is 0.219. The minimum atomic E-state index is -0.331. The van der Waals surface area contributed by atoms with Gasteiger partial charge in [-0.05, 0) is 43.1 Å². The Morgan fingerprint density at radius 1 is 1.55 bits per heavy atom. The summed E-state index contributed by atoms with van der Waals surface area (Å²) in [5.41, 5.74) is 7.70. The summed E-state index contributed by atoms with van der Waals surface area (Å²) in [5, 5.41) is 3.26. The zero-order valence-corrected chi connectivity index (χ0v) is 11.5. The molecule has 1 fully saturated rings. The molecule has 0 aromatic heterocycles. The molecule has 3 N–H and O–H groups in total. The number of benzene rings is 1. The highest BCUT2D eigenvalue weighted by atomic mass is 19.1. The van der Waals surface area contributed by atoms with E-state index >= 15 is 0 Å². The molecule has 1 heterocycles. The lowest BCUT2D eigenvalue weighted by Gasteiger charge is -2.32. The average Bonchev–Trinajstić information content (AvgIpc) is 2.47. The fourth-order valence-electron chi connectivity index (χ4n) is 2.62. The van der Waals surface area contributed by atoms with Crippen LogP contribution in [0.4, 0.5) is 4.39 Å². The smallest absolute Gasteiger partial charge is 0.128 e. The van der Waals surface area contributed by atoms with Gasteiger partial charge in [0.25, 0.3) is 0 Å². The van der Waals surface area contributed by atoms with Gasteiger partial charge in [-0.1, -0.05) is 6.07 Å². The summed E-state index contributed by atoms with van der Waals surface area (Å²) in [6.07, 6.45) is 0.494. The third kappa shape index (κ3) is 2.97. The maximum atomic E-state index is 13.3. The second-order valence-electron chi connectivity index (χ2n) is 4.72. The van der Waals surface area contributed by atoms with Crippen LogP contribution in [-0.2, 0) is 16.1 Å². The van der Waals surface area contributed by atoms with Crippen LogP contribution >= 0.6 is 0 Å². The molecule has 2 atom stereocenters. The van der Waals surface area contributed by atoms with E-state index in [1.807, 2.05) is 12.9 Å². The molecule has 0 aliphatic carbocycles. The van der Waals surface area contributed by atoms with Crippen LogP contribution in [0, 0.1) is 5.82 Å². The van der Waals surface area contributed by atoms with Crippen molar-refractivity contribution in [3.8, 4) is 0 Å². The Kier molecular flexibility index (Phi) is 5.04. The predicted octanol–water partition coefficient (Wildman–Crippen LogP) is 1.48. The molecule has 0 spiro atoms. The summed E-state index contributed by atoms with van der Waals surface area (Å²) >= 11 is 0. The molecule has 0 bridgehead atoms. The molecule has 1 aliphatic heterocycles. The van der Waals surface area contributed by atoms with Gasteiger partial charge in [0.2, 0.25) is 0 Å². The van der Waals surface area contributed by atoms with E-state index in [1.54, 1.807) is 6.07 Å². The van der Waals surface area contributed by atoms with Crippen molar-refractivity contribution in [2.45, 2.75) is 32.0 Å². The van der Waals surface area contributed by atoms with Crippen LogP contribution in [0.3, 0.4) is 0 Å². The molecule has 2 rings (SSSR count). The summed E-state index contributed by atoms with van der Waals surface area (Å²) in [6, 6.07) is 4.14. The molecule has 1 aliphatic rings. The van der Waals surface area contributed by atoms with E-state index in [9.17, 15) is 9.18 Å². The Labute approximate surface area is 117 Å². The number of halogens is 1. The summed E-state index contributed by atoms with van der Waals surface area (Å²) < 4.78 is 18.9. The molecule has 108 valence electrons. The van der Waals surface area contributed by atoms with E-state index in [0.29, 0.717) is 17.7 Å². The number of rotatable bonds is 4. The summed E-state index contributed by atoms with van der Waals surface area (Å²) in [6.45, 7) is 3.37. The lowest BCUT2D eigenvalue weighted by Crippen LogP contribution is -2.39. The first-order valence-corrected chi connectivity index (χ1v) is 6.79. The normalized spacial score (nSPS) is 22.6. The highest BCUT2D eigenvalue weighted by Crippen LogP contribution is 2.31. The van der Waals surface area contributed by atoms with Crippen LogP contribution < -0.4 is 11.1 Å². The van der Waals surface area contributed by atoms with Crippen molar-refractivity contribution >= 4 is 5.94 Å². The molecule has 1 saturated heterocycles. The van der Waals surface area contributed by atoms with Crippen molar-refractivity contribution in [2.24, 2.45) is 5.73 Å². The minimum Gasteiger partial charge on any atom is -0.373 e. The van der Waals surface area contributed by atoms with Crippen molar-refractivity contribution in [1.82, 2.24) is 5.32 Å². The van der Waals surface area contributed by atoms with Gasteiger partial charge >= 0.3 is 0 Å². The first-order valence-electron chi connectivity index (χ1n) is 6.79. The number of ether oxygens (including phenoxy) is 1. The Hall–Kier alpha value is -1.52. The summed E-state index contributed by atoms with van der Waals surface area (Å²) in [5.74, 6) is 1.67. The highest BCUT2D eigenvalue weighted by Gasteiger charge is 2.31. The molecule has 20 heavy (non-hydrogen) atoms. The number of piperidine rings is 1. The SMILES string of the molecule is CCOC1CCNC(c2ccc(F)cc2CN)C1=C=O. The van der Waals surface area contributed by atoms with Gasteiger partial charge in [-0.15, -0.1) is 0 Å². The number of hydrogen-bond acceptors (Lipinski definition) is 4. The van der Waals surface area contributed by atoms with E-state index in [1.165, 1.54) is 12.1 Å². The van der Waals surface area contributed by atoms with Crippen LogP contribution in [0.25, 0.3) is 0 Å². The molecule has 2 unspecified atom stereocenters. The van der Waals surface area contributed by atoms with E-state index in [-0.39, 0.29) is 24.5 Å². The molecule has 0 saturated carbocycles. The van der Waals surface area contributed by atoms with E-state index in [0.717, 1.165) is 18.5 Å². The number of carbonyl (C=O) groups excluding carboxylic acids is 1. The topological polar surface area (TPSA) is 64.3 Å². The average molecular weight is 278 g/mol. The van der Waals surface area contributed by atoms with Crippen LogP contribution in [0.1, 0.15) is 30.5 Å². The van der Waals surface area contributed by atoms with Gasteiger partial charge in [0.15, 0.2) is 0 Å². The standard InChI is InChI=1S/C15H19FN2O2/c1-2-20-14-5-6-18-15(13(14)9-19)12-4-3-11(16)7-10(12)8-17/h3-4,7,14-15,18H,2,5-6,8,17H2,1H3. The second-order valence-corrected chi connectivity index (χ2v) is 4.72. The summed E-state index contributed by atoms with van der Waals surface area (Å²) in [4.78, 5) is 11.3. The van der Waals surface area contributed by atoms with Gasteiger partial charge in [0.1, 0.15) is 11.8 Å². The highest BCUT2D eigenvalue weighted by molar-refractivity contribution is 5.59. The van der Waals surface area contributed by atoms with Gasteiger partial charge in [-0.3, -0.25) is 0 Å².